The second kappa shape index (κ2) is 11.7. The van der Waals surface area contributed by atoms with Crippen molar-refractivity contribution in [2.45, 2.75) is 32.4 Å². The third-order valence-electron chi connectivity index (χ3n) is 6.62. The Kier molecular flexibility index (Phi) is 8.24. The van der Waals surface area contributed by atoms with Gasteiger partial charge in [-0.3, -0.25) is 0 Å². The van der Waals surface area contributed by atoms with Crippen LogP contribution in [0.2, 0.25) is 0 Å². The highest BCUT2D eigenvalue weighted by atomic mass is 16.5. The zero-order chi connectivity index (χ0) is 25.5. The number of nitrogens with one attached hydrogen (secondary N) is 1. The van der Waals surface area contributed by atoms with Gasteiger partial charge in [-0.2, -0.15) is 0 Å². The molecule has 0 spiro atoms. The minimum atomic E-state index is -0.919. The van der Waals surface area contributed by atoms with Gasteiger partial charge in [0.25, 0.3) is 0 Å². The molecule has 1 heterocycles. The summed E-state index contributed by atoms with van der Waals surface area (Å²) in [6.45, 7) is 10.0. The molecule has 2 atom stereocenters. The van der Waals surface area contributed by atoms with Crippen LogP contribution >= 0.6 is 0 Å². The highest BCUT2D eigenvalue weighted by Crippen LogP contribution is 2.28. The highest BCUT2D eigenvalue weighted by molar-refractivity contribution is 5.89. The summed E-state index contributed by atoms with van der Waals surface area (Å²) in [4.78, 5) is 13.8. The van der Waals surface area contributed by atoms with E-state index in [0.29, 0.717) is 18.7 Å². The van der Waals surface area contributed by atoms with Gasteiger partial charge in [-0.15, -0.1) is 0 Å². The van der Waals surface area contributed by atoms with E-state index in [2.05, 4.69) is 66.2 Å². The number of nitrogens with zero attached hydrogens (tertiary/aromatic N) is 1. The summed E-state index contributed by atoms with van der Waals surface area (Å²) in [6, 6.07) is 20.4. The Hall–Kier alpha value is -3.83. The summed E-state index contributed by atoms with van der Waals surface area (Å²) in [5.41, 5.74) is 3.56. The normalized spacial score (nSPS) is 17.9. The molecule has 36 heavy (non-hydrogen) atoms. The second-order valence-corrected chi connectivity index (χ2v) is 9.21. The van der Waals surface area contributed by atoms with Crippen molar-refractivity contribution in [1.82, 2.24) is 5.32 Å². The van der Waals surface area contributed by atoms with Gasteiger partial charge in [0.2, 0.25) is 0 Å². The van der Waals surface area contributed by atoms with Crippen LogP contribution in [0.15, 0.2) is 97.3 Å². The first kappa shape index (κ1) is 25.3. The van der Waals surface area contributed by atoms with E-state index < -0.39 is 5.97 Å². The standard InChI is InChI=1S/C31H34N2O3/c1-4-5-6-12-26-20-33(30-19-25(31(34)35)16-15-22(30)2)21-27(36-26)17-18-32-23(3)28-14-9-11-24-10-7-8-13-29(24)28/h4-16,19,23,27,32H,1,17-18,20-21H2,2-3H3,(H,34,35)/b6-5-,26-12+/t23-,27?/m1/s1. The third-order valence-corrected chi connectivity index (χ3v) is 6.62. The number of carboxylic acid groups (broad SMARTS) is 1. The van der Waals surface area contributed by atoms with E-state index in [1.807, 2.05) is 31.2 Å². The molecule has 0 aliphatic carbocycles. The number of hydrogen-bond donors (Lipinski definition) is 2. The van der Waals surface area contributed by atoms with Gasteiger partial charge in [-0.05, 0) is 66.9 Å². The van der Waals surface area contributed by atoms with Gasteiger partial charge in [0, 0.05) is 11.7 Å². The molecule has 1 aliphatic rings. The van der Waals surface area contributed by atoms with Gasteiger partial charge in [0.1, 0.15) is 11.9 Å². The van der Waals surface area contributed by atoms with Crippen LogP contribution in [-0.4, -0.2) is 36.8 Å². The van der Waals surface area contributed by atoms with Crippen LogP contribution in [0, 0.1) is 6.92 Å². The Morgan fingerprint density at radius 1 is 1.19 bits per heavy atom. The first-order chi connectivity index (χ1) is 17.5. The van der Waals surface area contributed by atoms with Crippen LogP contribution in [0.4, 0.5) is 5.69 Å². The number of benzene rings is 3. The number of aryl methyl sites for hydroxylation is 1. The average Bonchev–Trinajstić information content (AvgIpc) is 2.88. The van der Waals surface area contributed by atoms with Gasteiger partial charge in [0.05, 0.1) is 18.7 Å². The van der Waals surface area contributed by atoms with Gasteiger partial charge < -0.3 is 20.1 Å². The maximum absolute atomic E-state index is 11.6. The zero-order valence-corrected chi connectivity index (χ0v) is 21.0. The largest absolute Gasteiger partial charge is 0.491 e. The molecule has 0 radical (unpaired) electrons. The Balaban J connectivity index is 1.48. The molecule has 4 rings (SSSR count). The van der Waals surface area contributed by atoms with Gasteiger partial charge >= 0.3 is 5.97 Å². The molecule has 0 amide bonds. The van der Waals surface area contributed by atoms with Crippen LogP contribution in [0.1, 0.15) is 40.9 Å². The topological polar surface area (TPSA) is 61.8 Å². The SMILES string of the molecule is C=C/C=C\C=C1/CN(c2cc(C(=O)O)ccc2C)CC(CCN[C@H](C)c2cccc3ccccc23)O1. The van der Waals surface area contributed by atoms with Crippen molar-refractivity contribution >= 4 is 22.4 Å². The van der Waals surface area contributed by atoms with Crippen LogP contribution < -0.4 is 10.2 Å². The molecule has 1 saturated heterocycles. The van der Waals surface area contributed by atoms with Gasteiger partial charge in [0.15, 0.2) is 0 Å². The molecule has 1 aliphatic heterocycles. The number of rotatable bonds is 9. The summed E-state index contributed by atoms with van der Waals surface area (Å²) in [5.74, 6) is -0.0658. The first-order valence-electron chi connectivity index (χ1n) is 12.4. The molecular weight excluding hydrogens is 448 g/mol. The van der Waals surface area contributed by atoms with E-state index >= 15 is 0 Å². The number of aromatic carboxylic acids is 1. The summed E-state index contributed by atoms with van der Waals surface area (Å²) >= 11 is 0. The van der Waals surface area contributed by atoms with E-state index in [4.69, 9.17) is 4.74 Å². The Labute approximate surface area is 213 Å². The number of fused-ring (bicyclic) bond motifs is 1. The Morgan fingerprint density at radius 2 is 2.00 bits per heavy atom. The lowest BCUT2D eigenvalue weighted by Crippen LogP contribution is -2.43. The Morgan fingerprint density at radius 3 is 2.81 bits per heavy atom. The summed E-state index contributed by atoms with van der Waals surface area (Å²) in [7, 11) is 0. The Bertz CT molecular complexity index is 1290. The molecule has 0 aromatic heterocycles. The third kappa shape index (κ3) is 6.04. The number of carbonyl (C=O) groups is 1. The number of hydrogen-bond acceptors (Lipinski definition) is 4. The summed E-state index contributed by atoms with van der Waals surface area (Å²) in [6.07, 6.45) is 8.28. The summed E-state index contributed by atoms with van der Waals surface area (Å²) in [5, 5.41) is 15.7. The monoisotopic (exact) mass is 482 g/mol. The van der Waals surface area contributed by atoms with Crippen LogP contribution in [0.5, 0.6) is 0 Å². The summed E-state index contributed by atoms with van der Waals surface area (Å²) < 4.78 is 6.34. The van der Waals surface area contributed by atoms with Crippen LogP contribution in [-0.2, 0) is 4.74 Å². The lowest BCUT2D eigenvalue weighted by molar-refractivity contribution is 0.0697. The molecule has 1 unspecified atom stereocenters. The van der Waals surface area contributed by atoms with Crippen LogP contribution in [0.25, 0.3) is 10.8 Å². The van der Waals surface area contributed by atoms with E-state index in [1.165, 1.54) is 16.3 Å². The molecule has 186 valence electrons. The average molecular weight is 483 g/mol. The fourth-order valence-electron chi connectivity index (χ4n) is 4.74. The van der Waals surface area contributed by atoms with Crippen molar-refractivity contribution in [3.05, 3.63) is 114 Å². The molecule has 3 aromatic carbocycles. The lowest BCUT2D eigenvalue weighted by Gasteiger charge is -2.37. The van der Waals surface area contributed by atoms with Crippen molar-refractivity contribution in [2.24, 2.45) is 0 Å². The number of carboxylic acids is 1. The van der Waals surface area contributed by atoms with E-state index in [-0.39, 0.29) is 12.1 Å². The predicted molar refractivity (Wildman–Crippen MR) is 148 cm³/mol. The highest BCUT2D eigenvalue weighted by Gasteiger charge is 2.26. The van der Waals surface area contributed by atoms with E-state index in [1.54, 1.807) is 18.2 Å². The number of ether oxygens (including phenoxy) is 1. The fraction of sp³-hybridized carbons (Fsp3) is 0.258. The molecule has 2 N–H and O–H groups in total. The maximum atomic E-state index is 11.6. The quantitative estimate of drug-likeness (QED) is 0.345. The molecule has 1 fully saturated rings. The van der Waals surface area contributed by atoms with Crippen molar-refractivity contribution < 1.29 is 14.6 Å². The van der Waals surface area contributed by atoms with Gasteiger partial charge in [-0.1, -0.05) is 73.3 Å². The van der Waals surface area contributed by atoms with Crippen LogP contribution in [0.3, 0.4) is 0 Å². The van der Waals surface area contributed by atoms with Crippen molar-refractivity contribution in [2.75, 3.05) is 24.5 Å². The van der Waals surface area contributed by atoms with E-state index in [9.17, 15) is 9.90 Å². The first-order valence-corrected chi connectivity index (χ1v) is 12.4. The number of allylic oxidation sites excluding steroid dienone is 4. The lowest BCUT2D eigenvalue weighted by atomic mass is 9.99. The molecule has 5 heteroatoms. The number of morpholine rings is 1. The smallest absolute Gasteiger partial charge is 0.335 e. The predicted octanol–water partition coefficient (Wildman–Crippen LogP) is 6.42. The minimum Gasteiger partial charge on any atom is -0.491 e. The minimum absolute atomic E-state index is 0.0257. The van der Waals surface area contributed by atoms with Gasteiger partial charge in [-0.25, -0.2) is 4.79 Å². The van der Waals surface area contributed by atoms with Crippen molar-refractivity contribution in [1.29, 1.82) is 0 Å². The molecule has 0 saturated carbocycles. The molecular formula is C31H34N2O3. The van der Waals surface area contributed by atoms with Crippen molar-refractivity contribution in [3.8, 4) is 0 Å². The molecule has 5 nitrogen and oxygen atoms in total. The zero-order valence-electron chi connectivity index (χ0n) is 21.0. The number of anilines is 1. The maximum Gasteiger partial charge on any atom is 0.335 e. The molecule has 0 bridgehead atoms. The molecule has 3 aromatic rings. The second-order valence-electron chi connectivity index (χ2n) is 9.21. The van der Waals surface area contributed by atoms with E-state index in [0.717, 1.165) is 30.0 Å². The van der Waals surface area contributed by atoms with Crippen molar-refractivity contribution in [3.63, 3.8) is 0 Å². The fourth-order valence-corrected chi connectivity index (χ4v) is 4.74.